The van der Waals surface area contributed by atoms with Crippen LogP contribution in [0.4, 0.5) is 0 Å². The molecule has 5 rings (SSSR count). The minimum Gasteiger partial charge on any atom is -0.309 e. The predicted octanol–water partition coefficient (Wildman–Crippen LogP) is 7.69. The molecule has 1 nitrogen and oxygen atoms in total. The molecule has 1 heteroatoms. The van der Waals surface area contributed by atoms with Crippen molar-refractivity contribution in [3.05, 3.63) is 122 Å². The van der Waals surface area contributed by atoms with Gasteiger partial charge in [0.05, 0.1) is 16.7 Å². The summed E-state index contributed by atoms with van der Waals surface area (Å²) < 4.78 is 2.37. The molecule has 138 valence electrons. The molecular formula is C28H21N. The van der Waals surface area contributed by atoms with Crippen LogP contribution in [0.3, 0.4) is 0 Å². The molecule has 0 saturated heterocycles. The molecule has 0 unspecified atom stereocenters. The second kappa shape index (κ2) is 6.96. The second-order valence-corrected chi connectivity index (χ2v) is 7.11. The summed E-state index contributed by atoms with van der Waals surface area (Å²) in [6.45, 7) is 7.89. The van der Waals surface area contributed by atoms with Crippen LogP contribution in [0.1, 0.15) is 5.56 Å². The maximum Gasteiger partial charge on any atom is 0.0547 e. The van der Waals surface area contributed by atoms with Crippen molar-refractivity contribution < 1.29 is 0 Å². The molecule has 1 aromatic heterocycles. The lowest BCUT2D eigenvalue weighted by atomic mass is 10.0. The third kappa shape index (κ3) is 2.63. The summed E-state index contributed by atoms with van der Waals surface area (Å²) in [6.07, 6.45) is 5.71. The van der Waals surface area contributed by atoms with Crippen molar-refractivity contribution in [2.75, 3.05) is 0 Å². The number of fused-ring (bicyclic) bond motifs is 5. The van der Waals surface area contributed by atoms with Crippen molar-refractivity contribution >= 4 is 38.2 Å². The number of benzene rings is 4. The number of nitrogens with zero attached hydrogens (tertiary/aromatic N) is 1. The van der Waals surface area contributed by atoms with Crippen LogP contribution in [0.15, 0.2) is 116 Å². The molecule has 0 spiro atoms. The molecular weight excluding hydrogens is 350 g/mol. The van der Waals surface area contributed by atoms with Crippen molar-refractivity contribution in [3.8, 4) is 5.69 Å². The molecule has 0 aliphatic carbocycles. The standard InChI is InChI=1S/C28H21N/c1-3-11-20(4-2)22-13-7-9-16-25(22)29-26-17-10-8-15-24(26)28-23-14-6-5-12-21(23)18-19-27(28)29/h3-19H,1-2H2/b20-11+. The average Bonchev–Trinajstić information content (AvgIpc) is 3.12. The summed E-state index contributed by atoms with van der Waals surface area (Å²) in [6, 6.07) is 30.2. The van der Waals surface area contributed by atoms with Crippen molar-refractivity contribution in [1.82, 2.24) is 4.57 Å². The Morgan fingerprint density at radius 1 is 0.690 bits per heavy atom. The summed E-state index contributed by atoms with van der Waals surface area (Å²) in [5, 5.41) is 5.10. The Morgan fingerprint density at radius 3 is 2.24 bits per heavy atom. The van der Waals surface area contributed by atoms with Gasteiger partial charge in [-0.15, -0.1) is 0 Å². The number of hydrogen-bond donors (Lipinski definition) is 0. The fourth-order valence-electron chi connectivity index (χ4n) is 4.31. The van der Waals surface area contributed by atoms with Crippen LogP contribution >= 0.6 is 0 Å². The molecule has 5 aromatic rings. The topological polar surface area (TPSA) is 4.93 Å². The van der Waals surface area contributed by atoms with Crippen molar-refractivity contribution in [2.24, 2.45) is 0 Å². The van der Waals surface area contributed by atoms with E-state index in [1.165, 1.54) is 32.6 Å². The van der Waals surface area contributed by atoms with E-state index in [1.807, 2.05) is 18.2 Å². The summed E-state index contributed by atoms with van der Waals surface area (Å²) in [7, 11) is 0. The van der Waals surface area contributed by atoms with E-state index in [1.54, 1.807) is 0 Å². The first-order chi connectivity index (χ1) is 14.3. The first-order valence-corrected chi connectivity index (χ1v) is 9.79. The molecule has 0 bridgehead atoms. The zero-order valence-electron chi connectivity index (χ0n) is 16.2. The number of rotatable bonds is 4. The summed E-state index contributed by atoms with van der Waals surface area (Å²) in [5.74, 6) is 0. The molecule has 1 heterocycles. The van der Waals surface area contributed by atoms with Gasteiger partial charge in [0.1, 0.15) is 0 Å². The molecule has 29 heavy (non-hydrogen) atoms. The Bertz CT molecular complexity index is 1430. The van der Waals surface area contributed by atoms with E-state index >= 15 is 0 Å². The van der Waals surface area contributed by atoms with E-state index in [9.17, 15) is 0 Å². The number of para-hydroxylation sites is 2. The molecule has 0 aliphatic rings. The smallest absolute Gasteiger partial charge is 0.0547 e. The van der Waals surface area contributed by atoms with Gasteiger partial charge in [-0.25, -0.2) is 0 Å². The van der Waals surface area contributed by atoms with Crippen molar-refractivity contribution in [3.63, 3.8) is 0 Å². The van der Waals surface area contributed by atoms with Crippen LogP contribution in [0, 0.1) is 0 Å². The normalized spacial score (nSPS) is 11.9. The number of hydrogen-bond acceptors (Lipinski definition) is 0. The number of aromatic nitrogens is 1. The van der Waals surface area contributed by atoms with Gasteiger partial charge in [0.15, 0.2) is 0 Å². The van der Waals surface area contributed by atoms with Gasteiger partial charge < -0.3 is 4.57 Å². The van der Waals surface area contributed by atoms with E-state index in [2.05, 4.69) is 103 Å². The summed E-state index contributed by atoms with van der Waals surface area (Å²) >= 11 is 0. The number of allylic oxidation sites excluding steroid dienone is 4. The van der Waals surface area contributed by atoms with E-state index in [-0.39, 0.29) is 0 Å². The van der Waals surface area contributed by atoms with Crippen LogP contribution in [-0.2, 0) is 0 Å². The summed E-state index contributed by atoms with van der Waals surface area (Å²) in [4.78, 5) is 0. The first-order valence-electron chi connectivity index (χ1n) is 9.79. The quantitative estimate of drug-likeness (QED) is 0.285. The van der Waals surface area contributed by atoms with Gasteiger partial charge >= 0.3 is 0 Å². The van der Waals surface area contributed by atoms with Crippen LogP contribution in [-0.4, -0.2) is 4.57 Å². The zero-order valence-corrected chi connectivity index (χ0v) is 16.2. The van der Waals surface area contributed by atoms with E-state index in [0.717, 1.165) is 16.8 Å². The van der Waals surface area contributed by atoms with E-state index < -0.39 is 0 Å². The van der Waals surface area contributed by atoms with Gasteiger partial charge in [-0.05, 0) is 34.5 Å². The van der Waals surface area contributed by atoms with Gasteiger partial charge in [0.2, 0.25) is 0 Å². The van der Waals surface area contributed by atoms with Gasteiger partial charge in [-0.3, -0.25) is 0 Å². The average molecular weight is 371 g/mol. The third-order valence-electron chi connectivity index (χ3n) is 5.54. The fraction of sp³-hybridized carbons (Fsp3) is 0. The minimum absolute atomic E-state index is 1.06. The van der Waals surface area contributed by atoms with Crippen LogP contribution < -0.4 is 0 Å². The second-order valence-electron chi connectivity index (χ2n) is 7.11. The highest BCUT2D eigenvalue weighted by Crippen LogP contribution is 2.38. The first kappa shape index (κ1) is 17.3. The Labute approximate surface area is 170 Å². The highest BCUT2D eigenvalue weighted by Gasteiger charge is 2.16. The van der Waals surface area contributed by atoms with Gasteiger partial charge in [-0.1, -0.05) is 98.1 Å². The highest BCUT2D eigenvalue weighted by molar-refractivity contribution is 6.21. The van der Waals surface area contributed by atoms with Crippen molar-refractivity contribution in [2.45, 2.75) is 0 Å². The Hall–Kier alpha value is -3.84. The zero-order chi connectivity index (χ0) is 19.8. The van der Waals surface area contributed by atoms with Gasteiger partial charge in [-0.2, -0.15) is 0 Å². The fourth-order valence-corrected chi connectivity index (χ4v) is 4.31. The summed E-state index contributed by atoms with van der Waals surface area (Å²) in [5.41, 5.74) is 5.75. The van der Waals surface area contributed by atoms with E-state index in [4.69, 9.17) is 0 Å². The SMILES string of the molecule is C=C/C=C(\C=C)c1ccccc1-n1c2ccccc2c2c3ccccc3ccc21. The maximum atomic E-state index is 4.02. The monoisotopic (exact) mass is 371 g/mol. The molecule has 0 atom stereocenters. The molecule has 0 N–H and O–H groups in total. The highest BCUT2D eigenvalue weighted by atomic mass is 15.0. The Balaban J connectivity index is 1.97. The van der Waals surface area contributed by atoms with Crippen LogP contribution in [0.2, 0.25) is 0 Å². The molecule has 0 aliphatic heterocycles. The lowest BCUT2D eigenvalue weighted by Crippen LogP contribution is -1.98. The molecule has 0 fully saturated rings. The minimum atomic E-state index is 1.06. The van der Waals surface area contributed by atoms with Gasteiger partial charge in [0.25, 0.3) is 0 Å². The molecule has 0 radical (unpaired) electrons. The lowest BCUT2D eigenvalue weighted by Gasteiger charge is -2.14. The van der Waals surface area contributed by atoms with Crippen LogP contribution in [0.25, 0.3) is 43.8 Å². The third-order valence-corrected chi connectivity index (χ3v) is 5.54. The predicted molar refractivity (Wildman–Crippen MR) is 127 cm³/mol. The molecule has 0 saturated carbocycles. The lowest BCUT2D eigenvalue weighted by molar-refractivity contribution is 1.17. The molecule has 4 aromatic carbocycles. The van der Waals surface area contributed by atoms with E-state index in [0.29, 0.717) is 0 Å². The Kier molecular flexibility index (Phi) is 4.14. The molecule has 0 amide bonds. The van der Waals surface area contributed by atoms with Crippen molar-refractivity contribution in [1.29, 1.82) is 0 Å². The van der Waals surface area contributed by atoms with Gasteiger partial charge in [0, 0.05) is 16.3 Å². The largest absolute Gasteiger partial charge is 0.309 e. The Morgan fingerprint density at radius 2 is 1.41 bits per heavy atom. The maximum absolute atomic E-state index is 4.02. The van der Waals surface area contributed by atoms with Crippen LogP contribution in [0.5, 0.6) is 0 Å².